The topological polar surface area (TPSA) is 20.3 Å². The molecular formula is C15H22BrNO. The molecule has 0 spiro atoms. The van der Waals surface area contributed by atoms with Crippen LogP contribution >= 0.6 is 15.9 Å². The van der Waals surface area contributed by atoms with Crippen molar-refractivity contribution in [3.8, 4) is 0 Å². The summed E-state index contributed by atoms with van der Waals surface area (Å²) in [6, 6.07) is 7.60. The van der Waals surface area contributed by atoms with E-state index in [2.05, 4.69) is 41.7 Å². The number of hydrogen-bond acceptors (Lipinski definition) is 2. The van der Waals surface area contributed by atoms with Crippen molar-refractivity contribution in [3.05, 3.63) is 34.3 Å². The third-order valence-electron chi connectivity index (χ3n) is 2.96. The Kier molecular flexibility index (Phi) is 6.58. The number of benzene rings is 1. The van der Waals surface area contributed by atoms with Gasteiger partial charge in [-0.05, 0) is 38.1 Å². The van der Waals surface area contributed by atoms with Gasteiger partial charge in [0.1, 0.15) is 0 Å². The molecule has 1 aromatic rings. The minimum atomic E-state index is 0.215. The third-order valence-corrected chi connectivity index (χ3v) is 3.45. The van der Waals surface area contributed by atoms with Gasteiger partial charge in [-0.2, -0.15) is 0 Å². The Morgan fingerprint density at radius 1 is 1.33 bits per heavy atom. The van der Waals surface area contributed by atoms with Crippen LogP contribution in [0.15, 0.2) is 28.7 Å². The van der Waals surface area contributed by atoms with Gasteiger partial charge in [0.05, 0.1) is 0 Å². The predicted molar refractivity (Wildman–Crippen MR) is 80.0 cm³/mol. The first-order valence-electron chi connectivity index (χ1n) is 6.46. The van der Waals surface area contributed by atoms with E-state index in [1.54, 1.807) is 0 Å². The van der Waals surface area contributed by atoms with Gasteiger partial charge in [-0.1, -0.05) is 41.9 Å². The Labute approximate surface area is 119 Å². The molecule has 100 valence electrons. The van der Waals surface area contributed by atoms with Gasteiger partial charge in [-0.25, -0.2) is 0 Å². The molecule has 0 aromatic heterocycles. The SMILES string of the molecule is CC(C)CCN(C)CCC(=O)c1cccc(Br)c1. The minimum absolute atomic E-state index is 0.215. The maximum absolute atomic E-state index is 12.0. The fourth-order valence-electron chi connectivity index (χ4n) is 1.69. The van der Waals surface area contributed by atoms with E-state index in [4.69, 9.17) is 0 Å². The summed E-state index contributed by atoms with van der Waals surface area (Å²) in [5.41, 5.74) is 0.793. The molecule has 0 N–H and O–H groups in total. The van der Waals surface area contributed by atoms with Crippen molar-refractivity contribution in [2.24, 2.45) is 5.92 Å². The summed E-state index contributed by atoms with van der Waals surface area (Å²) in [5, 5.41) is 0. The van der Waals surface area contributed by atoms with Crippen LogP contribution in [0.4, 0.5) is 0 Å². The van der Waals surface area contributed by atoms with Crippen molar-refractivity contribution in [1.82, 2.24) is 4.90 Å². The number of carbonyl (C=O) groups is 1. The minimum Gasteiger partial charge on any atom is -0.306 e. The van der Waals surface area contributed by atoms with Gasteiger partial charge in [0, 0.05) is 23.0 Å². The summed E-state index contributed by atoms with van der Waals surface area (Å²) in [7, 11) is 2.08. The zero-order valence-corrected chi connectivity index (χ0v) is 13.0. The molecule has 0 amide bonds. The molecule has 1 rings (SSSR count). The van der Waals surface area contributed by atoms with Crippen LogP contribution in [0, 0.1) is 5.92 Å². The van der Waals surface area contributed by atoms with Gasteiger partial charge in [-0.15, -0.1) is 0 Å². The van der Waals surface area contributed by atoms with E-state index in [9.17, 15) is 4.79 Å². The lowest BCUT2D eigenvalue weighted by molar-refractivity contribution is 0.0968. The van der Waals surface area contributed by atoms with E-state index in [0.717, 1.165) is 23.1 Å². The first kappa shape index (κ1) is 15.4. The van der Waals surface area contributed by atoms with E-state index >= 15 is 0 Å². The maximum atomic E-state index is 12.0. The van der Waals surface area contributed by atoms with Crippen molar-refractivity contribution < 1.29 is 4.79 Å². The number of nitrogens with zero attached hydrogens (tertiary/aromatic N) is 1. The van der Waals surface area contributed by atoms with Crippen LogP contribution in [0.1, 0.15) is 37.0 Å². The average molecular weight is 312 g/mol. The predicted octanol–water partition coefficient (Wildman–Crippen LogP) is 4.00. The van der Waals surface area contributed by atoms with Gasteiger partial charge >= 0.3 is 0 Å². The molecule has 0 saturated carbocycles. The molecule has 0 atom stereocenters. The highest BCUT2D eigenvalue weighted by atomic mass is 79.9. The molecular weight excluding hydrogens is 290 g/mol. The average Bonchev–Trinajstić information content (AvgIpc) is 2.33. The number of hydrogen-bond donors (Lipinski definition) is 0. The molecule has 0 unspecified atom stereocenters. The monoisotopic (exact) mass is 311 g/mol. The molecule has 0 heterocycles. The molecule has 0 saturated heterocycles. The molecule has 0 bridgehead atoms. The van der Waals surface area contributed by atoms with Crippen molar-refractivity contribution in [2.45, 2.75) is 26.7 Å². The fourth-order valence-corrected chi connectivity index (χ4v) is 2.09. The molecule has 0 aliphatic heterocycles. The number of carbonyl (C=O) groups excluding carboxylic acids is 1. The Bertz CT molecular complexity index is 390. The number of Topliss-reactive ketones (excluding diaryl/α,β-unsaturated/α-hetero) is 1. The van der Waals surface area contributed by atoms with Gasteiger partial charge in [-0.3, -0.25) is 4.79 Å². The Hall–Kier alpha value is -0.670. The highest BCUT2D eigenvalue weighted by molar-refractivity contribution is 9.10. The van der Waals surface area contributed by atoms with Crippen LogP contribution in [-0.2, 0) is 0 Å². The van der Waals surface area contributed by atoms with Crippen molar-refractivity contribution in [1.29, 1.82) is 0 Å². The summed E-state index contributed by atoms with van der Waals surface area (Å²) in [4.78, 5) is 14.2. The Balaban J connectivity index is 2.37. The lowest BCUT2D eigenvalue weighted by Gasteiger charge is -2.17. The van der Waals surface area contributed by atoms with E-state index in [0.29, 0.717) is 12.3 Å². The zero-order chi connectivity index (χ0) is 13.5. The molecule has 1 aromatic carbocycles. The summed E-state index contributed by atoms with van der Waals surface area (Å²) in [6.45, 7) is 6.34. The largest absolute Gasteiger partial charge is 0.306 e. The summed E-state index contributed by atoms with van der Waals surface area (Å²) >= 11 is 3.39. The van der Waals surface area contributed by atoms with E-state index < -0.39 is 0 Å². The third kappa shape index (κ3) is 5.78. The highest BCUT2D eigenvalue weighted by Crippen LogP contribution is 2.13. The summed E-state index contributed by atoms with van der Waals surface area (Å²) in [6.07, 6.45) is 1.77. The maximum Gasteiger partial charge on any atom is 0.164 e. The molecule has 0 aliphatic carbocycles. The van der Waals surface area contributed by atoms with Gasteiger partial charge in [0.25, 0.3) is 0 Å². The molecule has 0 radical (unpaired) electrons. The molecule has 0 aliphatic rings. The lowest BCUT2D eigenvalue weighted by atomic mass is 10.1. The van der Waals surface area contributed by atoms with Gasteiger partial charge in [0.15, 0.2) is 5.78 Å². The van der Waals surface area contributed by atoms with E-state index in [1.165, 1.54) is 6.42 Å². The second kappa shape index (κ2) is 7.70. The zero-order valence-electron chi connectivity index (χ0n) is 11.4. The Morgan fingerprint density at radius 2 is 2.06 bits per heavy atom. The van der Waals surface area contributed by atoms with Crippen molar-refractivity contribution >= 4 is 21.7 Å². The molecule has 2 nitrogen and oxygen atoms in total. The van der Waals surface area contributed by atoms with E-state index in [1.807, 2.05) is 24.3 Å². The summed E-state index contributed by atoms with van der Waals surface area (Å²) < 4.78 is 0.960. The van der Waals surface area contributed by atoms with Crippen LogP contribution in [0.2, 0.25) is 0 Å². The number of rotatable bonds is 7. The van der Waals surface area contributed by atoms with Gasteiger partial charge < -0.3 is 4.90 Å². The second-order valence-corrected chi connectivity index (χ2v) is 6.08. The smallest absolute Gasteiger partial charge is 0.164 e. The number of halogens is 1. The van der Waals surface area contributed by atoms with Crippen LogP contribution in [0.5, 0.6) is 0 Å². The normalized spacial score (nSPS) is 11.2. The first-order chi connectivity index (χ1) is 8.49. The van der Waals surface area contributed by atoms with Gasteiger partial charge in [0.2, 0.25) is 0 Å². The molecule has 0 fully saturated rings. The fraction of sp³-hybridized carbons (Fsp3) is 0.533. The molecule has 3 heteroatoms. The quantitative estimate of drug-likeness (QED) is 0.709. The summed E-state index contributed by atoms with van der Waals surface area (Å²) in [5.74, 6) is 0.931. The van der Waals surface area contributed by atoms with Crippen LogP contribution in [0.25, 0.3) is 0 Å². The van der Waals surface area contributed by atoms with Crippen molar-refractivity contribution in [2.75, 3.05) is 20.1 Å². The molecule has 18 heavy (non-hydrogen) atoms. The van der Waals surface area contributed by atoms with E-state index in [-0.39, 0.29) is 5.78 Å². The Morgan fingerprint density at radius 3 is 2.67 bits per heavy atom. The standard InChI is InChI=1S/C15H22BrNO/c1-12(2)7-9-17(3)10-8-15(18)13-5-4-6-14(16)11-13/h4-6,11-12H,7-10H2,1-3H3. The van der Waals surface area contributed by atoms with Crippen molar-refractivity contribution in [3.63, 3.8) is 0 Å². The second-order valence-electron chi connectivity index (χ2n) is 5.17. The lowest BCUT2D eigenvalue weighted by Crippen LogP contribution is -2.24. The highest BCUT2D eigenvalue weighted by Gasteiger charge is 2.08. The number of ketones is 1. The van der Waals surface area contributed by atoms with Crippen LogP contribution < -0.4 is 0 Å². The van der Waals surface area contributed by atoms with Crippen LogP contribution in [-0.4, -0.2) is 30.8 Å². The first-order valence-corrected chi connectivity index (χ1v) is 7.25. The van der Waals surface area contributed by atoms with Crippen LogP contribution in [0.3, 0.4) is 0 Å².